The van der Waals surface area contributed by atoms with Crippen LogP contribution in [0.25, 0.3) is 0 Å². The van der Waals surface area contributed by atoms with E-state index < -0.39 is 60.2 Å². The first-order valence-corrected chi connectivity index (χ1v) is 12.2. The van der Waals surface area contributed by atoms with Gasteiger partial charge in [-0.15, -0.1) is 0 Å². The van der Waals surface area contributed by atoms with Gasteiger partial charge in [0.05, 0.1) is 0 Å². The third kappa shape index (κ3) is 6.27. The molecule has 180 valence electrons. The summed E-state index contributed by atoms with van der Waals surface area (Å²) in [7, 11) is -4.52. The molecule has 12 heteroatoms. The molecule has 0 saturated heterocycles. The number of para-hydroxylation sites is 1. The van der Waals surface area contributed by atoms with E-state index in [-0.39, 0.29) is 11.2 Å². The first-order valence-electron chi connectivity index (χ1n) is 9.20. The molecular formula is C20H25F5NO5P. The molecule has 0 unspecified atom stereocenters. The molecule has 0 aliphatic heterocycles. The Balaban J connectivity index is 0.00000512. The maximum atomic E-state index is 14.3. The third-order valence-electron chi connectivity index (χ3n) is 3.90. The number of nitrogens with one attached hydrogen (secondary N) is 1. The van der Waals surface area contributed by atoms with Gasteiger partial charge in [0.15, 0.2) is 0 Å². The molecule has 0 aliphatic carbocycles. The van der Waals surface area contributed by atoms with Crippen molar-refractivity contribution in [3.8, 4) is 11.5 Å². The zero-order valence-corrected chi connectivity index (χ0v) is 18.9. The SMILES string of the molecule is CC(C)OC(=O)[C@H](C)NP(C)(C)(Oc1ccccc1)Oc1c(F)c(F)c(F)c(F)c1F.O. The average Bonchev–Trinajstić information content (AvgIpc) is 2.68. The second-order valence-electron chi connectivity index (χ2n) is 7.61. The summed E-state index contributed by atoms with van der Waals surface area (Å²) in [4.78, 5) is 12.3. The quantitative estimate of drug-likeness (QED) is 0.196. The van der Waals surface area contributed by atoms with Gasteiger partial charge in [0.1, 0.15) is 0 Å². The smallest absolute Gasteiger partial charge is 0.412 e. The van der Waals surface area contributed by atoms with Crippen molar-refractivity contribution in [1.82, 2.24) is 5.09 Å². The third-order valence-corrected chi connectivity index (χ3v) is 6.47. The van der Waals surface area contributed by atoms with Crippen LogP contribution in [0.2, 0.25) is 0 Å². The van der Waals surface area contributed by atoms with Gasteiger partial charge in [0, 0.05) is 0 Å². The van der Waals surface area contributed by atoms with Gasteiger partial charge in [-0.05, 0) is 0 Å². The van der Waals surface area contributed by atoms with E-state index in [9.17, 15) is 26.7 Å². The number of esters is 1. The summed E-state index contributed by atoms with van der Waals surface area (Å²) >= 11 is 0. The van der Waals surface area contributed by atoms with Crippen molar-refractivity contribution in [2.24, 2.45) is 0 Å². The van der Waals surface area contributed by atoms with Crippen molar-refractivity contribution in [3.05, 3.63) is 59.4 Å². The fourth-order valence-electron chi connectivity index (χ4n) is 2.72. The van der Waals surface area contributed by atoms with Crippen molar-refractivity contribution in [3.63, 3.8) is 0 Å². The number of halogens is 5. The van der Waals surface area contributed by atoms with Crippen molar-refractivity contribution < 1.29 is 46.0 Å². The Morgan fingerprint density at radius 2 is 1.31 bits per heavy atom. The minimum Gasteiger partial charge on any atom is -0.412 e. The second-order valence-corrected chi connectivity index (χ2v) is 12.0. The monoisotopic (exact) mass is 485 g/mol. The van der Waals surface area contributed by atoms with E-state index in [0.717, 1.165) is 0 Å². The van der Waals surface area contributed by atoms with Crippen LogP contribution < -0.4 is 14.1 Å². The van der Waals surface area contributed by atoms with Gasteiger partial charge < -0.3 is 5.48 Å². The van der Waals surface area contributed by atoms with Crippen LogP contribution in [0, 0.1) is 29.1 Å². The second kappa shape index (κ2) is 9.97. The van der Waals surface area contributed by atoms with Crippen LogP contribution in [0.1, 0.15) is 20.8 Å². The van der Waals surface area contributed by atoms with E-state index in [4.69, 9.17) is 13.8 Å². The molecule has 0 spiro atoms. The van der Waals surface area contributed by atoms with Gasteiger partial charge in [-0.1, -0.05) is 0 Å². The van der Waals surface area contributed by atoms with Crippen LogP contribution in [0.4, 0.5) is 22.0 Å². The van der Waals surface area contributed by atoms with Gasteiger partial charge in [0.25, 0.3) is 0 Å². The molecule has 0 aliphatic rings. The zero-order chi connectivity index (χ0) is 23.6. The zero-order valence-electron chi connectivity index (χ0n) is 18.0. The molecule has 0 amide bonds. The average molecular weight is 485 g/mol. The van der Waals surface area contributed by atoms with E-state index in [1.807, 2.05) is 0 Å². The summed E-state index contributed by atoms with van der Waals surface area (Å²) in [5.41, 5.74) is 0. The van der Waals surface area contributed by atoms with Crippen molar-refractivity contribution in [1.29, 1.82) is 0 Å². The van der Waals surface area contributed by atoms with Gasteiger partial charge >= 0.3 is 176 Å². The Kier molecular flexibility index (Phi) is 8.59. The van der Waals surface area contributed by atoms with Crippen LogP contribution in [-0.4, -0.2) is 36.9 Å². The molecule has 2 rings (SSSR count). The molecule has 2 aromatic rings. The first-order chi connectivity index (χ1) is 14.2. The summed E-state index contributed by atoms with van der Waals surface area (Å²) in [6.45, 7) is 7.14. The summed E-state index contributed by atoms with van der Waals surface area (Å²) in [6, 6.07) is 6.75. The van der Waals surface area contributed by atoms with E-state index in [1.165, 1.54) is 32.4 Å². The molecule has 0 aromatic heterocycles. The largest absolute Gasteiger partial charge is 0.412 e. The molecule has 2 aromatic carbocycles. The Hall–Kier alpha value is -2.49. The Morgan fingerprint density at radius 1 is 0.844 bits per heavy atom. The molecule has 32 heavy (non-hydrogen) atoms. The molecule has 0 heterocycles. The van der Waals surface area contributed by atoms with E-state index in [1.54, 1.807) is 32.0 Å². The molecular weight excluding hydrogens is 460 g/mol. The molecule has 1 atom stereocenters. The normalized spacial score (nSPS) is 13.5. The maximum Gasteiger partial charge on any atom is -0.412 e. The topological polar surface area (TPSA) is 88.3 Å². The van der Waals surface area contributed by atoms with Gasteiger partial charge in [0.2, 0.25) is 0 Å². The Labute approximate surface area is 182 Å². The van der Waals surface area contributed by atoms with Crippen LogP contribution in [-0.2, 0) is 9.53 Å². The molecule has 0 radical (unpaired) electrons. The number of hydrogen-bond acceptors (Lipinski definition) is 5. The molecule has 6 nitrogen and oxygen atoms in total. The van der Waals surface area contributed by atoms with E-state index in [2.05, 4.69) is 5.09 Å². The van der Waals surface area contributed by atoms with Gasteiger partial charge in [-0.25, -0.2) is 0 Å². The maximum absolute atomic E-state index is 14.3. The summed E-state index contributed by atoms with van der Waals surface area (Å²) in [5.74, 6) is -13.1. The number of carbonyl (C=O) groups is 1. The first kappa shape index (κ1) is 27.5. The Bertz CT molecular complexity index is 946. The van der Waals surface area contributed by atoms with Crippen LogP contribution >= 0.6 is 7.21 Å². The van der Waals surface area contributed by atoms with Crippen molar-refractivity contribution in [2.45, 2.75) is 32.9 Å². The summed E-state index contributed by atoms with van der Waals surface area (Å²) in [6.07, 6.45) is -0.456. The van der Waals surface area contributed by atoms with E-state index in [0.29, 0.717) is 0 Å². The Morgan fingerprint density at radius 3 is 1.78 bits per heavy atom. The van der Waals surface area contributed by atoms with Crippen LogP contribution in [0.3, 0.4) is 0 Å². The number of hydrogen-bond donors (Lipinski definition) is 1. The van der Waals surface area contributed by atoms with Crippen LogP contribution in [0.5, 0.6) is 11.5 Å². The standard InChI is InChI=1S/C20H23F5NO4P.H2O/c1-11(2)28-20(27)12(3)26-31(4,5,29-13-9-7-6-8-10-13)30-19-17(24)15(22)14(21)16(23)18(19)25;/h6-12,26H,1-5H3;1H2/t12-;/m0./s1. The molecule has 0 fully saturated rings. The molecule has 3 N–H and O–H groups in total. The number of rotatable bonds is 8. The van der Waals surface area contributed by atoms with E-state index >= 15 is 0 Å². The minimum atomic E-state index is -4.52. The van der Waals surface area contributed by atoms with Gasteiger partial charge in [-0.3, -0.25) is 0 Å². The summed E-state index contributed by atoms with van der Waals surface area (Å²) in [5, 5.41) is 2.72. The molecule has 0 bridgehead atoms. The minimum absolute atomic E-state index is 0. The molecule has 0 saturated carbocycles. The summed E-state index contributed by atoms with van der Waals surface area (Å²) < 4.78 is 85.8. The van der Waals surface area contributed by atoms with Crippen molar-refractivity contribution in [2.75, 3.05) is 13.3 Å². The van der Waals surface area contributed by atoms with Gasteiger partial charge in [-0.2, -0.15) is 0 Å². The predicted molar refractivity (Wildman–Crippen MR) is 110 cm³/mol. The number of ether oxygens (including phenoxy) is 1. The predicted octanol–water partition coefficient (Wildman–Crippen LogP) is 4.50. The fraction of sp³-hybridized carbons (Fsp3) is 0.350. The number of carbonyl (C=O) groups excluding carboxylic acids is 1. The van der Waals surface area contributed by atoms with Crippen LogP contribution in [0.15, 0.2) is 30.3 Å². The fourth-order valence-corrected chi connectivity index (χ4v) is 5.49. The van der Waals surface area contributed by atoms with Crippen molar-refractivity contribution >= 4 is 13.2 Å². The number of benzene rings is 2.